The minimum Gasteiger partial charge on any atom is -0.480 e. The molecule has 0 aromatic carbocycles. The number of carbonyl (C=O) groups is 2. The molecule has 6 nitrogen and oxygen atoms in total. The average molecular weight is 285 g/mol. The molecule has 1 aliphatic rings. The Morgan fingerprint density at radius 1 is 1.25 bits per heavy atom. The summed E-state index contributed by atoms with van der Waals surface area (Å²) < 4.78 is 0. The van der Waals surface area contributed by atoms with Crippen molar-refractivity contribution in [3.63, 3.8) is 0 Å². The van der Waals surface area contributed by atoms with Gasteiger partial charge in [0.2, 0.25) is 0 Å². The van der Waals surface area contributed by atoms with Crippen LogP contribution in [0.25, 0.3) is 0 Å². The van der Waals surface area contributed by atoms with Gasteiger partial charge in [0.25, 0.3) is 0 Å². The molecule has 1 saturated carbocycles. The van der Waals surface area contributed by atoms with Gasteiger partial charge in [-0.15, -0.1) is 0 Å². The number of carbonyl (C=O) groups excluding carboxylic acids is 1. The monoisotopic (exact) mass is 285 g/mol. The first-order valence-electron chi connectivity index (χ1n) is 7.33. The number of nitrogens with one attached hydrogen (secondary N) is 1. The second-order valence-corrected chi connectivity index (χ2v) is 5.80. The number of amides is 2. The van der Waals surface area contributed by atoms with Crippen LogP contribution in [0.15, 0.2) is 0 Å². The van der Waals surface area contributed by atoms with Crippen molar-refractivity contribution in [1.29, 1.82) is 0 Å². The van der Waals surface area contributed by atoms with Crippen LogP contribution in [0.4, 0.5) is 4.79 Å². The van der Waals surface area contributed by atoms with Gasteiger partial charge in [-0.25, -0.2) is 4.79 Å². The molecular formula is C14H27N3O3. The van der Waals surface area contributed by atoms with E-state index in [2.05, 4.69) is 10.2 Å². The molecule has 1 fully saturated rings. The molecule has 0 aromatic rings. The average Bonchev–Trinajstić information content (AvgIpc) is 2.85. The summed E-state index contributed by atoms with van der Waals surface area (Å²) in [5.41, 5.74) is 0.0246. The standard InChI is InChI=1S/C14H27N3O3/c1-4-9-17(10-12(18)19)13(20)15-11-14(16(2)3)7-5-6-8-14/h4-11H2,1-3H3,(H,15,20)(H,18,19). The van der Waals surface area contributed by atoms with E-state index in [-0.39, 0.29) is 18.1 Å². The summed E-state index contributed by atoms with van der Waals surface area (Å²) in [4.78, 5) is 26.5. The highest BCUT2D eigenvalue weighted by atomic mass is 16.4. The summed E-state index contributed by atoms with van der Waals surface area (Å²) in [5, 5.41) is 11.8. The van der Waals surface area contributed by atoms with Gasteiger partial charge in [0, 0.05) is 18.6 Å². The lowest BCUT2D eigenvalue weighted by Crippen LogP contribution is -2.53. The highest BCUT2D eigenvalue weighted by molar-refractivity contribution is 5.80. The van der Waals surface area contributed by atoms with Gasteiger partial charge in [0.15, 0.2) is 0 Å². The van der Waals surface area contributed by atoms with E-state index in [9.17, 15) is 9.59 Å². The first-order valence-corrected chi connectivity index (χ1v) is 7.33. The molecule has 0 saturated heterocycles. The number of carboxylic acid groups (broad SMARTS) is 1. The molecule has 0 atom stereocenters. The zero-order valence-electron chi connectivity index (χ0n) is 12.8. The van der Waals surface area contributed by atoms with Crippen LogP contribution in [-0.4, -0.2) is 66.2 Å². The van der Waals surface area contributed by atoms with Crippen molar-refractivity contribution in [2.75, 3.05) is 33.7 Å². The van der Waals surface area contributed by atoms with Crippen LogP contribution in [0.5, 0.6) is 0 Å². The predicted octanol–water partition coefficient (Wildman–Crippen LogP) is 1.37. The zero-order valence-corrected chi connectivity index (χ0v) is 12.8. The zero-order chi connectivity index (χ0) is 15.2. The number of carboxylic acids is 1. The molecule has 0 unspecified atom stereocenters. The molecular weight excluding hydrogens is 258 g/mol. The Bertz CT molecular complexity index is 339. The summed E-state index contributed by atoms with van der Waals surface area (Å²) in [6.45, 7) is 2.74. The largest absolute Gasteiger partial charge is 0.480 e. The van der Waals surface area contributed by atoms with Crippen molar-refractivity contribution in [1.82, 2.24) is 15.1 Å². The number of aliphatic carboxylic acids is 1. The molecule has 1 rings (SSSR count). The van der Waals surface area contributed by atoms with E-state index in [4.69, 9.17) is 5.11 Å². The second-order valence-electron chi connectivity index (χ2n) is 5.80. The molecule has 0 aliphatic heterocycles. The third kappa shape index (κ3) is 4.37. The molecule has 116 valence electrons. The minimum absolute atomic E-state index is 0.0246. The van der Waals surface area contributed by atoms with Crippen molar-refractivity contribution < 1.29 is 14.7 Å². The molecule has 6 heteroatoms. The van der Waals surface area contributed by atoms with Crippen LogP contribution in [0.2, 0.25) is 0 Å². The number of nitrogens with zero attached hydrogens (tertiary/aromatic N) is 2. The molecule has 20 heavy (non-hydrogen) atoms. The molecule has 0 bridgehead atoms. The third-order valence-corrected chi connectivity index (χ3v) is 4.16. The maximum atomic E-state index is 12.1. The van der Waals surface area contributed by atoms with Crippen LogP contribution in [0.1, 0.15) is 39.0 Å². The first kappa shape index (κ1) is 16.8. The van der Waals surface area contributed by atoms with Gasteiger partial charge < -0.3 is 20.2 Å². The SMILES string of the molecule is CCCN(CC(=O)O)C(=O)NCC1(N(C)C)CCCC1. The fourth-order valence-corrected chi connectivity index (χ4v) is 2.85. The topological polar surface area (TPSA) is 72.9 Å². The summed E-state index contributed by atoms with van der Waals surface area (Å²) in [5.74, 6) is -0.975. The smallest absolute Gasteiger partial charge is 0.323 e. The molecule has 0 radical (unpaired) electrons. The quantitative estimate of drug-likeness (QED) is 0.741. The van der Waals surface area contributed by atoms with Crippen LogP contribution < -0.4 is 5.32 Å². The van der Waals surface area contributed by atoms with Crippen LogP contribution in [0.3, 0.4) is 0 Å². The molecule has 2 N–H and O–H groups in total. The van der Waals surface area contributed by atoms with E-state index in [1.54, 1.807) is 0 Å². The lowest BCUT2D eigenvalue weighted by atomic mass is 9.96. The van der Waals surface area contributed by atoms with Gasteiger partial charge in [-0.3, -0.25) is 4.79 Å². The molecule has 0 heterocycles. The Balaban J connectivity index is 2.56. The van der Waals surface area contributed by atoms with E-state index in [0.717, 1.165) is 19.3 Å². The second kappa shape index (κ2) is 7.47. The highest BCUT2D eigenvalue weighted by Crippen LogP contribution is 2.33. The highest BCUT2D eigenvalue weighted by Gasteiger charge is 2.36. The van der Waals surface area contributed by atoms with Gasteiger partial charge >= 0.3 is 12.0 Å². The van der Waals surface area contributed by atoms with Crippen molar-refractivity contribution in [2.24, 2.45) is 0 Å². The van der Waals surface area contributed by atoms with Crippen LogP contribution in [-0.2, 0) is 4.79 Å². The van der Waals surface area contributed by atoms with Crippen molar-refractivity contribution in [2.45, 2.75) is 44.6 Å². The van der Waals surface area contributed by atoms with E-state index < -0.39 is 5.97 Å². The summed E-state index contributed by atoms with van der Waals surface area (Å²) in [7, 11) is 4.08. The lowest BCUT2D eigenvalue weighted by molar-refractivity contribution is -0.137. The number of hydrogen-bond acceptors (Lipinski definition) is 3. The minimum atomic E-state index is -0.975. The van der Waals surface area contributed by atoms with E-state index in [0.29, 0.717) is 13.1 Å². The van der Waals surface area contributed by atoms with Crippen molar-refractivity contribution >= 4 is 12.0 Å². The number of hydrogen-bond donors (Lipinski definition) is 2. The van der Waals surface area contributed by atoms with Gasteiger partial charge in [0.1, 0.15) is 6.54 Å². The van der Waals surface area contributed by atoms with Crippen molar-refractivity contribution in [3.8, 4) is 0 Å². The van der Waals surface area contributed by atoms with E-state index in [1.165, 1.54) is 17.7 Å². The Hall–Kier alpha value is -1.30. The van der Waals surface area contributed by atoms with Crippen LogP contribution in [0, 0.1) is 0 Å². The van der Waals surface area contributed by atoms with Crippen LogP contribution >= 0.6 is 0 Å². The Kier molecular flexibility index (Phi) is 6.26. The number of rotatable bonds is 7. The Morgan fingerprint density at radius 2 is 1.85 bits per heavy atom. The van der Waals surface area contributed by atoms with E-state index >= 15 is 0 Å². The summed E-state index contributed by atoms with van der Waals surface area (Å²) >= 11 is 0. The lowest BCUT2D eigenvalue weighted by Gasteiger charge is -2.37. The molecule has 0 aromatic heterocycles. The van der Waals surface area contributed by atoms with Crippen molar-refractivity contribution in [3.05, 3.63) is 0 Å². The van der Waals surface area contributed by atoms with E-state index in [1.807, 2.05) is 21.0 Å². The molecule has 2 amide bonds. The molecule has 0 spiro atoms. The normalized spacial score (nSPS) is 17.2. The number of urea groups is 1. The third-order valence-electron chi connectivity index (χ3n) is 4.16. The fourth-order valence-electron chi connectivity index (χ4n) is 2.85. The maximum Gasteiger partial charge on any atom is 0.323 e. The molecule has 1 aliphatic carbocycles. The summed E-state index contributed by atoms with van der Waals surface area (Å²) in [6, 6.07) is -0.276. The Labute approximate surface area is 121 Å². The van der Waals surface area contributed by atoms with Gasteiger partial charge in [-0.05, 0) is 33.4 Å². The Morgan fingerprint density at radius 3 is 2.30 bits per heavy atom. The predicted molar refractivity (Wildman–Crippen MR) is 77.8 cm³/mol. The number of likely N-dealkylation sites (N-methyl/N-ethyl adjacent to an activating group) is 1. The summed E-state index contributed by atoms with van der Waals surface area (Å²) in [6.07, 6.45) is 5.27. The van der Waals surface area contributed by atoms with Gasteiger partial charge in [0.05, 0.1) is 0 Å². The van der Waals surface area contributed by atoms with Gasteiger partial charge in [-0.1, -0.05) is 19.8 Å². The maximum absolute atomic E-state index is 12.1. The van der Waals surface area contributed by atoms with Gasteiger partial charge in [-0.2, -0.15) is 0 Å². The first-order chi connectivity index (χ1) is 9.41. The fraction of sp³-hybridized carbons (Fsp3) is 0.857.